The predicted molar refractivity (Wildman–Crippen MR) is 81.7 cm³/mol. The highest BCUT2D eigenvalue weighted by Crippen LogP contribution is 2.27. The van der Waals surface area contributed by atoms with Crippen molar-refractivity contribution in [2.24, 2.45) is 5.92 Å². The van der Waals surface area contributed by atoms with E-state index in [9.17, 15) is 9.59 Å². The average molecular weight is 284 g/mol. The Hall–Kier alpha value is -2.28. The second-order valence-corrected chi connectivity index (χ2v) is 5.33. The van der Waals surface area contributed by atoms with Crippen molar-refractivity contribution in [3.05, 3.63) is 35.4 Å². The van der Waals surface area contributed by atoms with Crippen molar-refractivity contribution in [3.63, 3.8) is 0 Å². The Bertz CT molecular complexity index is 591. The summed E-state index contributed by atoms with van der Waals surface area (Å²) in [7, 11) is 3.19. The van der Waals surface area contributed by atoms with Crippen LogP contribution in [0, 0.1) is 17.8 Å². The third-order valence-corrected chi connectivity index (χ3v) is 3.66. The monoisotopic (exact) mass is 284 g/mol. The maximum Gasteiger partial charge on any atom is 0.254 e. The summed E-state index contributed by atoms with van der Waals surface area (Å²) in [5.74, 6) is 6.50. The maximum absolute atomic E-state index is 12.3. The Morgan fingerprint density at radius 2 is 1.90 bits per heavy atom. The minimum Gasteiger partial charge on any atom is -0.357 e. The number of carbonyl (C=O) groups excluding carboxylic acids is 2. The van der Waals surface area contributed by atoms with E-state index >= 15 is 0 Å². The first-order valence-electron chi connectivity index (χ1n) is 7.13. The largest absolute Gasteiger partial charge is 0.357 e. The molecule has 0 radical (unpaired) electrons. The topological polar surface area (TPSA) is 49.4 Å². The number of hydrogen-bond acceptors (Lipinski definition) is 2. The van der Waals surface area contributed by atoms with Crippen LogP contribution in [0.2, 0.25) is 0 Å². The van der Waals surface area contributed by atoms with Gasteiger partial charge in [0, 0.05) is 31.1 Å². The molecule has 2 amide bonds. The number of hydrogen-bond donors (Lipinski definition) is 1. The molecular weight excluding hydrogens is 264 g/mol. The highest BCUT2D eigenvalue weighted by atomic mass is 16.2. The summed E-state index contributed by atoms with van der Waals surface area (Å²) in [6.45, 7) is 1.70. The lowest BCUT2D eigenvalue weighted by Crippen LogP contribution is -2.44. The molecule has 1 aromatic carbocycles. The first kappa shape index (κ1) is 15.1. The van der Waals surface area contributed by atoms with Crippen LogP contribution in [-0.4, -0.2) is 36.9 Å². The van der Waals surface area contributed by atoms with Crippen molar-refractivity contribution in [1.82, 2.24) is 10.2 Å². The van der Waals surface area contributed by atoms with Crippen LogP contribution < -0.4 is 5.32 Å². The zero-order valence-corrected chi connectivity index (χ0v) is 12.6. The van der Waals surface area contributed by atoms with Crippen LogP contribution in [0.4, 0.5) is 0 Å². The van der Waals surface area contributed by atoms with E-state index in [1.165, 1.54) is 17.7 Å². The van der Waals surface area contributed by atoms with E-state index in [0.717, 1.165) is 5.56 Å². The Labute approximate surface area is 125 Å². The lowest BCUT2D eigenvalue weighted by Gasteiger charge is -2.23. The quantitative estimate of drug-likeness (QED) is 0.858. The van der Waals surface area contributed by atoms with Crippen molar-refractivity contribution < 1.29 is 9.59 Å². The first-order valence-corrected chi connectivity index (χ1v) is 7.13. The second-order valence-electron chi connectivity index (χ2n) is 5.33. The fourth-order valence-corrected chi connectivity index (χ4v) is 1.87. The van der Waals surface area contributed by atoms with Gasteiger partial charge in [0.25, 0.3) is 5.91 Å². The van der Waals surface area contributed by atoms with Crippen molar-refractivity contribution in [3.8, 4) is 11.8 Å². The van der Waals surface area contributed by atoms with Gasteiger partial charge in [0.1, 0.15) is 6.04 Å². The summed E-state index contributed by atoms with van der Waals surface area (Å²) in [5, 5.41) is 2.54. The van der Waals surface area contributed by atoms with Gasteiger partial charge in [-0.1, -0.05) is 11.8 Å². The lowest BCUT2D eigenvalue weighted by atomic mass is 10.1. The van der Waals surface area contributed by atoms with E-state index in [4.69, 9.17) is 0 Å². The van der Waals surface area contributed by atoms with Gasteiger partial charge in [0.15, 0.2) is 0 Å². The van der Waals surface area contributed by atoms with Gasteiger partial charge in [-0.25, -0.2) is 0 Å². The number of carbonyl (C=O) groups is 2. The molecule has 0 aromatic heterocycles. The Kier molecular flexibility index (Phi) is 4.64. The Balaban J connectivity index is 2.05. The molecule has 0 heterocycles. The molecular formula is C17H20N2O2. The van der Waals surface area contributed by atoms with E-state index < -0.39 is 6.04 Å². The molecule has 1 atom stereocenters. The molecule has 1 saturated carbocycles. The fraction of sp³-hybridized carbons (Fsp3) is 0.412. The van der Waals surface area contributed by atoms with Gasteiger partial charge in [0.05, 0.1) is 0 Å². The number of nitrogens with one attached hydrogen (secondary N) is 1. The van der Waals surface area contributed by atoms with Crippen LogP contribution in [-0.2, 0) is 4.79 Å². The van der Waals surface area contributed by atoms with Gasteiger partial charge in [0.2, 0.25) is 5.91 Å². The summed E-state index contributed by atoms with van der Waals surface area (Å²) < 4.78 is 0. The van der Waals surface area contributed by atoms with Crippen molar-refractivity contribution in [2.75, 3.05) is 14.1 Å². The van der Waals surface area contributed by atoms with Crippen molar-refractivity contribution >= 4 is 11.8 Å². The molecule has 1 aliphatic rings. The standard InChI is InChI=1S/C17H20N2O2/c1-12(16(20)18-2)19(3)17(21)15-10-8-14(9-11-15)7-6-13-4-5-13/h8-13H,4-5H2,1-3H3,(H,18,20). The molecule has 1 fully saturated rings. The van der Waals surface area contributed by atoms with E-state index in [1.807, 2.05) is 12.1 Å². The van der Waals surface area contributed by atoms with Gasteiger partial charge in [-0.05, 0) is 44.0 Å². The minimum atomic E-state index is -0.503. The zero-order valence-electron chi connectivity index (χ0n) is 12.6. The molecule has 1 N–H and O–H groups in total. The third kappa shape index (κ3) is 3.85. The smallest absolute Gasteiger partial charge is 0.254 e. The Morgan fingerprint density at radius 3 is 2.43 bits per heavy atom. The molecule has 1 unspecified atom stereocenters. The average Bonchev–Trinajstić information content (AvgIpc) is 3.34. The molecule has 0 spiro atoms. The third-order valence-electron chi connectivity index (χ3n) is 3.66. The molecule has 110 valence electrons. The van der Waals surface area contributed by atoms with Crippen molar-refractivity contribution in [1.29, 1.82) is 0 Å². The SMILES string of the molecule is CNC(=O)C(C)N(C)C(=O)c1ccc(C#CC2CC2)cc1. The van der Waals surface area contributed by atoms with E-state index in [0.29, 0.717) is 11.5 Å². The highest BCUT2D eigenvalue weighted by molar-refractivity contribution is 5.97. The second kappa shape index (κ2) is 6.45. The van der Waals surface area contributed by atoms with Crippen LogP contribution >= 0.6 is 0 Å². The number of amides is 2. The summed E-state index contributed by atoms with van der Waals surface area (Å²) in [6, 6.07) is 6.71. The number of nitrogens with zero attached hydrogens (tertiary/aromatic N) is 1. The molecule has 21 heavy (non-hydrogen) atoms. The van der Waals surface area contributed by atoms with Gasteiger partial charge in [-0.3, -0.25) is 9.59 Å². The van der Waals surface area contributed by atoms with Crippen LogP contribution in [0.5, 0.6) is 0 Å². The molecule has 0 saturated heterocycles. The molecule has 2 rings (SSSR count). The summed E-state index contributed by atoms with van der Waals surface area (Å²) in [6.07, 6.45) is 2.40. The molecule has 1 aromatic rings. The fourth-order valence-electron chi connectivity index (χ4n) is 1.87. The Morgan fingerprint density at radius 1 is 1.29 bits per heavy atom. The van der Waals surface area contributed by atoms with Crippen LogP contribution in [0.3, 0.4) is 0 Å². The van der Waals surface area contributed by atoms with Gasteiger partial charge >= 0.3 is 0 Å². The molecule has 1 aliphatic carbocycles. The highest BCUT2D eigenvalue weighted by Gasteiger charge is 2.22. The molecule has 0 aliphatic heterocycles. The summed E-state index contributed by atoms with van der Waals surface area (Å²) in [5.41, 5.74) is 1.48. The van der Waals surface area contributed by atoms with E-state index in [-0.39, 0.29) is 11.8 Å². The number of rotatable bonds is 3. The van der Waals surface area contributed by atoms with Gasteiger partial charge in [-0.2, -0.15) is 0 Å². The number of likely N-dealkylation sites (N-methyl/N-ethyl adjacent to an activating group) is 2. The molecule has 0 bridgehead atoms. The maximum atomic E-state index is 12.3. The summed E-state index contributed by atoms with van der Waals surface area (Å²) in [4.78, 5) is 25.3. The molecule has 4 heteroatoms. The van der Waals surface area contributed by atoms with Crippen LogP contribution in [0.1, 0.15) is 35.7 Å². The van der Waals surface area contributed by atoms with Gasteiger partial charge in [-0.15, -0.1) is 0 Å². The van der Waals surface area contributed by atoms with Crippen molar-refractivity contribution in [2.45, 2.75) is 25.8 Å². The minimum absolute atomic E-state index is 0.173. The summed E-state index contributed by atoms with van der Waals surface area (Å²) >= 11 is 0. The van der Waals surface area contributed by atoms with Gasteiger partial charge < -0.3 is 10.2 Å². The normalized spacial score (nSPS) is 14.6. The first-order chi connectivity index (χ1) is 10.0. The number of benzene rings is 1. The van der Waals surface area contributed by atoms with Crippen LogP contribution in [0.25, 0.3) is 0 Å². The predicted octanol–water partition coefficient (Wildman–Crippen LogP) is 1.65. The molecule has 4 nitrogen and oxygen atoms in total. The van der Waals surface area contributed by atoms with Crippen LogP contribution in [0.15, 0.2) is 24.3 Å². The van der Waals surface area contributed by atoms with E-state index in [2.05, 4.69) is 17.2 Å². The van der Waals surface area contributed by atoms with E-state index in [1.54, 1.807) is 33.2 Å². The zero-order chi connectivity index (χ0) is 15.4. The lowest BCUT2D eigenvalue weighted by molar-refractivity contribution is -0.124.